The molecule has 1 heterocycles. The molecule has 1 aromatic heterocycles. The third-order valence-electron chi connectivity index (χ3n) is 4.81. The first-order chi connectivity index (χ1) is 11.5. The van der Waals surface area contributed by atoms with Crippen LogP contribution in [-0.4, -0.2) is 30.2 Å². The summed E-state index contributed by atoms with van der Waals surface area (Å²) in [6.45, 7) is 1.82. The van der Waals surface area contributed by atoms with Crippen molar-refractivity contribution in [3.05, 3.63) is 28.7 Å². The van der Waals surface area contributed by atoms with E-state index >= 15 is 0 Å². The van der Waals surface area contributed by atoms with E-state index in [1.54, 1.807) is 7.11 Å². The first kappa shape index (κ1) is 17.0. The number of hydrogen-bond acceptors (Lipinski definition) is 5. The summed E-state index contributed by atoms with van der Waals surface area (Å²) in [7, 11) is 3.12. The van der Waals surface area contributed by atoms with Crippen LogP contribution in [-0.2, 0) is 9.53 Å². The van der Waals surface area contributed by atoms with Gasteiger partial charge in [-0.1, -0.05) is 11.6 Å². The van der Waals surface area contributed by atoms with Gasteiger partial charge in [0.1, 0.15) is 16.7 Å². The fourth-order valence-electron chi connectivity index (χ4n) is 3.55. The Morgan fingerprint density at radius 2 is 1.88 bits per heavy atom. The molecule has 128 valence electrons. The minimum Gasteiger partial charge on any atom is -0.496 e. The number of rotatable bonds is 3. The van der Waals surface area contributed by atoms with E-state index in [0.29, 0.717) is 16.9 Å². The van der Waals surface area contributed by atoms with Crippen LogP contribution in [0.2, 0.25) is 5.15 Å². The average Bonchev–Trinajstić information content (AvgIpc) is 2.60. The number of esters is 1. The number of hydrogen-bond donors (Lipinski definition) is 0. The number of methoxy groups -OCH3 is 2. The number of benzene rings is 1. The van der Waals surface area contributed by atoms with Crippen molar-refractivity contribution in [3.8, 4) is 5.75 Å². The van der Waals surface area contributed by atoms with E-state index in [1.807, 2.05) is 19.1 Å². The Bertz CT molecular complexity index is 770. The molecule has 1 aromatic carbocycles. The number of fused-ring (bicyclic) bond motifs is 1. The predicted octanol–water partition coefficient (Wildman–Crippen LogP) is 4.05. The number of ether oxygens (including phenoxy) is 2. The van der Waals surface area contributed by atoms with Crippen molar-refractivity contribution in [1.82, 2.24) is 9.97 Å². The van der Waals surface area contributed by atoms with Gasteiger partial charge in [0.05, 0.1) is 25.7 Å². The Kier molecular flexibility index (Phi) is 4.90. The smallest absolute Gasteiger partial charge is 0.308 e. The second kappa shape index (κ2) is 6.93. The highest BCUT2D eigenvalue weighted by Crippen LogP contribution is 2.41. The molecule has 5 nitrogen and oxygen atoms in total. The van der Waals surface area contributed by atoms with Gasteiger partial charge in [0.2, 0.25) is 0 Å². The van der Waals surface area contributed by atoms with Crippen molar-refractivity contribution in [1.29, 1.82) is 0 Å². The van der Waals surface area contributed by atoms with Crippen LogP contribution in [0.25, 0.3) is 10.9 Å². The molecule has 0 aliphatic heterocycles. The molecule has 0 saturated heterocycles. The van der Waals surface area contributed by atoms with Gasteiger partial charge in [0.15, 0.2) is 0 Å². The van der Waals surface area contributed by atoms with Gasteiger partial charge in [-0.15, -0.1) is 0 Å². The van der Waals surface area contributed by atoms with Crippen LogP contribution in [0.3, 0.4) is 0 Å². The molecule has 0 amide bonds. The number of aromatic nitrogens is 2. The van der Waals surface area contributed by atoms with Crippen LogP contribution in [0, 0.1) is 12.8 Å². The Morgan fingerprint density at radius 3 is 2.50 bits per heavy atom. The van der Waals surface area contributed by atoms with E-state index in [9.17, 15) is 4.79 Å². The predicted molar refractivity (Wildman–Crippen MR) is 92.6 cm³/mol. The summed E-state index contributed by atoms with van der Waals surface area (Å²) in [4.78, 5) is 20.4. The number of carbonyl (C=O) groups is 1. The molecule has 2 aromatic rings. The molecule has 1 aliphatic carbocycles. The van der Waals surface area contributed by atoms with E-state index in [-0.39, 0.29) is 11.9 Å². The van der Waals surface area contributed by atoms with E-state index in [2.05, 4.69) is 9.97 Å². The number of carbonyl (C=O) groups excluding carboxylic acids is 1. The standard InChI is InChI=1S/C18H21ClN2O3/c1-10-20-15-9-16(23-2)13(8-14(15)17(19)21-10)11-4-6-12(7-5-11)18(22)24-3/h8-9,11-12H,4-7H2,1-3H3. The van der Waals surface area contributed by atoms with Crippen LogP contribution >= 0.6 is 11.6 Å². The summed E-state index contributed by atoms with van der Waals surface area (Å²) in [5.41, 5.74) is 1.90. The molecular formula is C18H21ClN2O3. The molecule has 0 radical (unpaired) electrons. The molecule has 6 heteroatoms. The van der Waals surface area contributed by atoms with Gasteiger partial charge in [0.25, 0.3) is 0 Å². The lowest BCUT2D eigenvalue weighted by Gasteiger charge is -2.28. The fourth-order valence-corrected chi connectivity index (χ4v) is 3.82. The molecule has 0 atom stereocenters. The van der Waals surface area contributed by atoms with E-state index in [4.69, 9.17) is 21.1 Å². The minimum atomic E-state index is -0.106. The minimum absolute atomic E-state index is 0.00673. The summed E-state index contributed by atoms with van der Waals surface area (Å²) < 4.78 is 10.4. The van der Waals surface area contributed by atoms with E-state index < -0.39 is 0 Å². The highest BCUT2D eigenvalue weighted by atomic mass is 35.5. The van der Waals surface area contributed by atoms with Crippen molar-refractivity contribution in [2.45, 2.75) is 38.5 Å². The van der Waals surface area contributed by atoms with Crippen molar-refractivity contribution in [2.24, 2.45) is 5.92 Å². The van der Waals surface area contributed by atoms with Gasteiger partial charge in [-0.25, -0.2) is 9.97 Å². The van der Waals surface area contributed by atoms with Gasteiger partial charge in [-0.05, 0) is 50.2 Å². The summed E-state index contributed by atoms with van der Waals surface area (Å²) in [6.07, 6.45) is 3.51. The SMILES string of the molecule is COC(=O)C1CCC(c2cc3c(Cl)nc(C)nc3cc2OC)CC1. The van der Waals surface area contributed by atoms with Gasteiger partial charge < -0.3 is 9.47 Å². The lowest BCUT2D eigenvalue weighted by Crippen LogP contribution is -2.22. The topological polar surface area (TPSA) is 61.3 Å². The Hall–Kier alpha value is -1.88. The number of aryl methyl sites for hydroxylation is 1. The molecule has 1 fully saturated rings. The van der Waals surface area contributed by atoms with Crippen LogP contribution in [0.1, 0.15) is 43.0 Å². The molecule has 0 bridgehead atoms. The maximum absolute atomic E-state index is 11.7. The van der Waals surface area contributed by atoms with Gasteiger partial charge in [0, 0.05) is 11.5 Å². The third kappa shape index (κ3) is 3.18. The van der Waals surface area contributed by atoms with Crippen LogP contribution in [0.15, 0.2) is 12.1 Å². The first-order valence-electron chi connectivity index (χ1n) is 8.13. The third-order valence-corrected chi connectivity index (χ3v) is 5.10. The molecule has 0 N–H and O–H groups in total. The maximum atomic E-state index is 11.7. The molecule has 24 heavy (non-hydrogen) atoms. The van der Waals surface area contributed by atoms with Crippen molar-refractivity contribution in [2.75, 3.05) is 14.2 Å². The quantitative estimate of drug-likeness (QED) is 0.618. The normalized spacial score (nSPS) is 20.8. The summed E-state index contributed by atoms with van der Waals surface area (Å²) in [6, 6.07) is 3.97. The summed E-state index contributed by atoms with van der Waals surface area (Å²) >= 11 is 6.30. The number of halogens is 1. The van der Waals surface area contributed by atoms with Crippen molar-refractivity contribution >= 4 is 28.5 Å². The zero-order valence-corrected chi connectivity index (χ0v) is 14.9. The summed E-state index contributed by atoms with van der Waals surface area (Å²) in [5, 5.41) is 1.30. The molecule has 0 spiro atoms. The van der Waals surface area contributed by atoms with Crippen molar-refractivity contribution in [3.63, 3.8) is 0 Å². The van der Waals surface area contributed by atoms with Gasteiger partial charge in [-0.3, -0.25) is 4.79 Å². The first-order valence-corrected chi connectivity index (χ1v) is 8.51. The average molecular weight is 349 g/mol. The second-order valence-electron chi connectivity index (χ2n) is 6.24. The lowest BCUT2D eigenvalue weighted by molar-refractivity contribution is -0.146. The highest BCUT2D eigenvalue weighted by molar-refractivity contribution is 6.34. The summed E-state index contributed by atoms with van der Waals surface area (Å²) in [5.74, 6) is 1.69. The lowest BCUT2D eigenvalue weighted by atomic mass is 9.78. The second-order valence-corrected chi connectivity index (χ2v) is 6.60. The van der Waals surface area contributed by atoms with Crippen LogP contribution in [0.5, 0.6) is 5.75 Å². The Morgan fingerprint density at radius 1 is 1.17 bits per heavy atom. The zero-order chi connectivity index (χ0) is 17.3. The van der Waals surface area contributed by atoms with Gasteiger partial charge >= 0.3 is 5.97 Å². The van der Waals surface area contributed by atoms with Crippen molar-refractivity contribution < 1.29 is 14.3 Å². The Balaban J connectivity index is 1.93. The van der Waals surface area contributed by atoms with E-state index in [1.165, 1.54) is 7.11 Å². The fraction of sp³-hybridized carbons (Fsp3) is 0.500. The highest BCUT2D eigenvalue weighted by Gasteiger charge is 2.29. The monoisotopic (exact) mass is 348 g/mol. The largest absolute Gasteiger partial charge is 0.496 e. The number of nitrogens with zero attached hydrogens (tertiary/aromatic N) is 2. The van der Waals surface area contributed by atoms with Gasteiger partial charge in [-0.2, -0.15) is 0 Å². The molecule has 3 rings (SSSR count). The molecule has 1 saturated carbocycles. The van der Waals surface area contributed by atoms with Crippen LogP contribution < -0.4 is 4.74 Å². The Labute approximate surface area is 146 Å². The maximum Gasteiger partial charge on any atom is 0.308 e. The molecule has 0 unspecified atom stereocenters. The van der Waals surface area contributed by atoms with Crippen LogP contribution in [0.4, 0.5) is 0 Å². The molecule has 1 aliphatic rings. The van der Waals surface area contributed by atoms with E-state index in [0.717, 1.165) is 47.9 Å². The molecular weight excluding hydrogens is 328 g/mol. The zero-order valence-electron chi connectivity index (χ0n) is 14.1.